The molecule has 16 heterocycles. The maximum absolute atomic E-state index is 5.68. The van der Waals surface area contributed by atoms with Gasteiger partial charge in [0.1, 0.15) is 49.3 Å². The summed E-state index contributed by atoms with van der Waals surface area (Å²) in [6, 6.07) is 10.4. The number of rotatable bonds is 8. The summed E-state index contributed by atoms with van der Waals surface area (Å²) < 4.78 is 0. The second kappa shape index (κ2) is 47.5. The Morgan fingerprint density at radius 2 is 0.589 bits per heavy atom. The first-order valence-electron chi connectivity index (χ1n) is 40.7. The molecule has 8 aromatic rings. The van der Waals surface area contributed by atoms with Crippen LogP contribution >= 0.6 is 90.7 Å². The van der Waals surface area contributed by atoms with Crippen LogP contribution in [0, 0.1) is 55.4 Å². The first-order chi connectivity index (χ1) is 61.1. The molecule has 694 valence electrons. The number of nitrogens with zero attached hydrogens (tertiary/aromatic N) is 22. The molecule has 8 aliphatic heterocycles. The van der Waals surface area contributed by atoms with Crippen LogP contribution in [0.3, 0.4) is 0 Å². The summed E-state index contributed by atoms with van der Waals surface area (Å²) in [6.45, 7) is 32.0. The quantitative estimate of drug-likeness (QED) is 0.0672. The summed E-state index contributed by atoms with van der Waals surface area (Å²) in [5, 5.41) is 63.1. The van der Waals surface area contributed by atoms with Crippen molar-refractivity contribution in [2.75, 3.05) is 105 Å². The fraction of sp³-hybridized carbons (Fsp3) is 0.407. The van der Waals surface area contributed by atoms with Crippen LogP contribution in [0.4, 0.5) is 45.5 Å². The molecule has 8 aromatic heterocycles. The van der Waals surface area contributed by atoms with Crippen molar-refractivity contribution in [3.63, 3.8) is 0 Å². The molecule has 16 rings (SSSR count). The number of hydrogen-bond donors (Lipinski definition) is 18. The molecule has 8 unspecified atom stereocenters. The van der Waals surface area contributed by atoms with E-state index in [0.29, 0.717) is 41.7 Å². The molecule has 48 heteroatoms. The van der Waals surface area contributed by atoms with Gasteiger partial charge in [0.2, 0.25) is 65.6 Å². The molecule has 23 N–H and O–H groups in total. The second-order valence-electron chi connectivity index (χ2n) is 30.2. The van der Waals surface area contributed by atoms with E-state index in [9.17, 15) is 0 Å². The third-order valence-corrected chi connectivity index (χ3v) is 24.8. The Bertz CT molecular complexity index is 5410. The number of nitrogens with one attached hydrogen (secondary N) is 13. The van der Waals surface area contributed by atoms with E-state index in [2.05, 4.69) is 276 Å². The Morgan fingerprint density at radius 1 is 0.279 bits per heavy atom. The van der Waals surface area contributed by atoms with Crippen LogP contribution in [0.2, 0.25) is 0 Å². The maximum Gasteiger partial charge on any atom is 0.207 e. The standard InChI is InChI=1S/3C11H17N5S.3C10H15N5S.2C9H13N5S/c1-7-5-17-6-9(7)14-10-12-8(2)13-11(15-10)16(3)4;1-7-5-9(6-17-7)14-10-12-8(2)13-11(15-10)16(3)4;1-7-9(5-6-17-7)14-10-12-8(2)13-11(15-10)16(3)4;1-6-4-16-5-8(6)15(3)10-13-7(2)12-9(11)14-10;1-6-4-8(5-16-6)15(3)10-13-7(2)12-9(11)14-10;1-6-8(4-5-16-6)15(3)10-13-7(2)12-9(11)14-10;1-5-3-15-4-7(5)13-9-12-6(2)11-8(10)14-9;1-5-3-7(4-15-5)13-9-12-6(2)11-8(10)14-9/h3*5-6,8H,1-4H3,(H2,12,13,14,15);3*4-5,7H,1-3H3,(H3,11,12,13,14);2*3-4,6H,1-2H3,(H4,10,11,12,13,14). The molecule has 0 aliphatic carbocycles. The minimum Gasteiger partial charge on any atom is -0.370 e. The lowest BCUT2D eigenvalue weighted by molar-refractivity contribution is 0.582. The minimum atomic E-state index is -0.132. The van der Waals surface area contributed by atoms with E-state index in [-0.39, 0.29) is 49.3 Å². The van der Waals surface area contributed by atoms with Crippen molar-refractivity contribution in [2.24, 2.45) is 109 Å². The first kappa shape index (κ1) is 100. The predicted octanol–water partition coefficient (Wildman–Crippen LogP) is 10.6. The zero-order chi connectivity index (χ0) is 94.0. The van der Waals surface area contributed by atoms with E-state index in [1.807, 2.05) is 166 Å². The molecule has 0 spiro atoms. The smallest absolute Gasteiger partial charge is 0.207 e. The fourth-order valence-electron chi connectivity index (χ4n) is 11.7. The maximum atomic E-state index is 5.68. The average molecular weight is 1910 g/mol. The highest BCUT2D eigenvalue weighted by Crippen LogP contribution is 2.29. The molecule has 8 aliphatic rings. The Kier molecular flexibility index (Phi) is 37.0. The molecule has 8 atom stereocenters. The number of aryl methyl sites for hydroxylation is 8. The van der Waals surface area contributed by atoms with Gasteiger partial charge in [-0.15, -0.1) is 90.7 Å². The summed E-state index contributed by atoms with van der Waals surface area (Å²) >= 11 is 13.5. The van der Waals surface area contributed by atoms with Crippen molar-refractivity contribution in [1.82, 2.24) is 57.2 Å². The zero-order valence-electron chi connectivity index (χ0n) is 77.3. The molecule has 0 fully saturated rings. The molecule has 40 nitrogen and oxygen atoms in total. The van der Waals surface area contributed by atoms with E-state index in [0.717, 1.165) is 99.1 Å². The van der Waals surface area contributed by atoms with Gasteiger partial charge >= 0.3 is 0 Å². The summed E-state index contributed by atoms with van der Waals surface area (Å²) in [5.74, 6) is 10.2. The number of nitrogens with two attached hydrogens (primary N) is 5. The minimum absolute atomic E-state index is 0.0594. The van der Waals surface area contributed by atoms with Crippen molar-refractivity contribution in [2.45, 2.75) is 160 Å². The van der Waals surface area contributed by atoms with Crippen molar-refractivity contribution < 1.29 is 0 Å². The van der Waals surface area contributed by atoms with E-state index < -0.39 is 0 Å². The molecular weight excluding hydrogens is 1790 g/mol. The summed E-state index contributed by atoms with van der Waals surface area (Å²) in [7, 11) is 17.6. The average Bonchev–Trinajstić information content (AvgIpc) is 1.74. The SMILES string of the molecule is Cc1cc(N(C)C2=NC(C)N=C(N)N2)cs1.Cc1cc(NC2=NC(C)N=C(N(C)C)N2)cs1.Cc1cc(NC2=NC(C)N=C(N)N2)cs1.Cc1cscc1N(C)C1=NC(C)N=C(N)N1.Cc1cscc1NC1=NC(C)N=C(N(C)C)N1.Cc1cscc1NC1=NC(C)N=C(N)N1.Cc1sccc1N(C)C1=NC(C)N=C(N)N1.Cc1sccc1NC1=NC(C)N=C(N(C)C)N1. The summed E-state index contributed by atoms with van der Waals surface area (Å²) in [5.41, 5.74) is 40.6. The molecule has 0 aromatic carbocycles. The predicted molar refractivity (Wildman–Crippen MR) is 558 cm³/mol. The molecule has 0 bridgehead atoms. The van der Waals surface area contributed by atoms with Crippen LogP contribution in [-0.4, -0.2) is 223 Å². The fourth-order valence-corrected chi connectivity index (χ4v) is 17.5. The van der Waals surface area contributed by atoms with Gasteiger partial charge in [-0.05, 0) is 185 Å². The van der Waals surface area contributed by atoms with Crippen LogP contribution in [0.25, 0.3) is 0 Å². The van der Waals surface area contributed by atoms with Gasteiger partial charge in [-0.25, -0.2) is 79.9 Å². The van der Waals surface area contributed by atoms with Gasteiger partial charge in [-0.2, -0.15) is 0 Å². The van der Waals surface area contributed by atoms with Gasteiger partial charge in [0.15, 0.2) is 29.8 Å². The third kappa shape index (κ3) is 31.8. The Hall–Kier alpha value is -12.5. The number of aliphatic imine (C=N–C) groups is 16. The van der Waals surface area contributed by atoms with Crippen LogP contribution in [0.1, 0.15) is 96.5 Å². The summed E-state index contributed by atoms with van der Waals surface area (Å²) in [4.78, 5) is 86.5. The molecule has 0 saturated heterocycles. The van der Waals surface area contributed by atoms with Gasteiger partial charge < -0.3 is 84.7 Å². The number of anilines is 8. The second-order valence-corrected chi connectivity index (χ2v) is 38.0. The monoisotopic (exact) mass is 1910 g/mol. The lowest BCUT2D eigenvalue weighted by Gasteiger charge is -2.25. The largest absolute Gasteiger partial charge is 0.370 e. The molecule has 0 saturated carbocycles. The molecular formula is C81H122N40S8. The van der Waals surface area contributed by atoms with Gasteiger partial charge in [0.05, 0.1) is 45.5 Å². The highest BCUT2D eigenvalue weighted by molar-refractivity contribution is 7.12. The van der Waals surface area contributed by atoms with Crippen molar-refractivity contribution in [3.8, 4) is 0 Å². The molecule has 0 amide bonds. The van der Waals surface area contributed by atoms with Gasteiger partial charge in [0, 0.05) is 120 Å². The van der Waals surface area contributed by atoms with E-state index in [1.165, 1.54) is 41.1 Å². The normalized spacial score (nSPS) is 19.7. The lowest BCUT2D eigenvalue weighted by Crippen LogP contribution is -2.48. The van der Waals surface area contributed by atoms with Crippen molar-refractivity contribution in [3.05, 3.63) is 131 Å². The Balaban J connectivity index is 0.000000166. The first-order valence-corrected chi connectivity index (χ1v) is 48.0. The van der Waals surface area contributed by atoms with Gasteiger partial charge in [-0.3, -0.25) is 42.5 Å². The lowest BCUT2D eigenvalue weighted by atomic mass is 10.3. The zero-order valence-corrected chi connectivity index (χ0v) is 83.9. The van der Waals surface area contributed by atoms with Gasteiger partial charge in [-0.1, -0.05) is 0 Å². The van der Waals surface area contributed by atoms with Gasteiger partial charge in [0.25, 0.3) is 0 Å². The topological polar surface area (TPSA) is 504 Å². The van der Waals surface area contributed by atoms with Crippen LogP contribution in [0.5, 0.6) is 0 Å². The van der Waals surface area contributed by atoms with Crippen LogP contribution in [-0.2, 0) is 0 Å². The Labute approximate surface area is 787 Å². The van der Waals surface area contributed by atoms with E-state index in [4.69, 9.17) is 28.7 Å². The highest BCUT2D eigenvalue weighted by atomic mass is 32.1. The molecule has 0 radical (unpaired) electrons. The number of guanidine groups is 16. The van der Waals surface area contributed by atoms with Crippen LogP contribution in [0.15, 0.2) is 169 Å². The van der Waals surface area contributed by atoms with Crippen molar-refractivity contribution >= 4 is 232 Å². The van der Waals surface area contributed by atoms with Crippen molar-refractivity contribution in [1.29, 1.82) is 0 Å². The number of thiophene rings is 8. The van der Waals surface area contributed by atoms with E-state index >= 15 is 0 Å². The number of hydrogen-bond acceptors (Lipinski definition) is 48. The van der Waals surface area contributed by atoms with E-state index in [1.54, 1.807) is 90.7 Å². The highest BCUT2D eigenvalue weighted by Gasteiger charge is 2.24. The summed E-state index contributed by atoms with van der Waals surface area (Å²) in [6.07, 6.45) is -0.823. The molecule has 129 heavy (non-hydrogen) atoms. The van der Waals surface area contributed by atoms with Crippen LogP contribution < -0.4 is 112 Å². The third-order valence-electron chi connectivity index (χ3n) is 18.0. The Morgan fingerprint density at radius 3 is 0.907 bits per heavy atom.